The van der Waals surface area contributed by atoms with Gasteiger partial charge in [-0.3, -0.25) is 4.79 Å². The lowest BCUT2D eigenvalue weighted by Gasteiger charge is -2.05. The molecule has 0 aliphatic carbocycles. The van der Waals surface area contributed by atoms with E-state index in [1.54, 1.807) is 18.5 Å². The van der Waals surface area contributed by atoms with Crippen LogP contribution in [0.3, 0.4) is 0 Å². The molecule has 0 aliphatic heterocycles. The predicted octanol–water partition coefficient (Wildman–Crippen LogP) is 3.00. The highest BCUT2D eigenvalue weighted by Crippen LogP contribution is 2.18. The number of rotatable bonds is 2. The van der Waals surface area contributed by atoms with E-state index in [0.29, 0.717) is 5.56 Å². The Morgan fingerprint density at radius 1 is 1.09 bits per heavy atom. The van der Waals surface area contributed by atoms with Crippen molar-refractivity contribution in [2.45, 2.75) is 6.92 Å². The number of fused-ring (bicyclic) bond motifs is 2. The molecule has 0 saturated carbocycles. The standard InChI is InChI=1S/C16H13N5O/c1-9-19-13-5-3-11(7-15(13)20-9)21-16(22)10-2-4-12-14(6-10)18-8-17-12/h2-8H,1H3,(H,17,18)(H,19,20)(H,21,22). The van der Waals surface area contributed by atoms with Gasteiger partial charge in [-0.1, -0.05) is 0 Å². The van der Waals surface area contributed by atoms with Crippen molar-refractivity contribution >= 4 is 33.7 Å². The first-order valence-corrected chi connectivity index (χ1v) is 6.90. The van der Waals surface area contributed by atoms with Crippen LogP contribution in [0, 0.1) is 6.92 Å². The zero-order chi connectivity index (χ0) is 15.1. The summed E-state index contributed by atoms with van der Waals surface area (Å²) in [6.07, 6.45) is 1.61. The van der Waals surface area contributed by atoms with E-state index >= 15 is 0 Å². The van der Waals surface area contributed by atoms with E-state index < -0.39 is 0 Å². The highest BCUT2D eigenvalue weighted by Gasteiger charge is 2.09. The Hall–Kier alpha value is -3.15. The molecule has 6 nitrogen and oxygen atoms in total. The molecule has 0 unspecified atom stereocenters. The number of nitrogens with one attached hydrogen (secondary N) is 3. The first kappa shape index (κ1) is 12.6. The molecule has 108 valence electrons. The van der Waals surface area contributed by atoms with Crippen LogP contribution in [-0.4, -0.2) is 25.8 Å². The molecule has 0 spiro atoms. The Balaban J connectivity index is 1.64. The fraction of sp³-hybridized carbons (Fsp3) is 0.0625. The maximum atomic E-state index is 12.3. The predicted molar refractivity (Wildman–Crippen MR) is 84.9 cm³/mol. The number of nitrogens with zero attached hydrogens (tertiary/aromatic N) is 2. The van der Waals surface area contributed by atoms with Crippen LogP contribution in [0.25, 0.3) is 22.1 Å². The summed E-state index contributed by atoms with van der Waals surface area (Å²) in [5.41, 5.74) is 4.77. The van der Waals surface area contributed by atoms with Crippen molar-refractivity contribution in [3.63, 3.8) is 0 Å². The van der Waals surface area contributed by atoms with E-state index in [9.17, 15) is 4.79 Å². The highest BCUT2D eigenvalue weighted by molar-refractivity contribution is 6.06. The molecule has 0 atom stereocenters. The summed E-state index contributed by atoms with van der Waals surface area (Å²) in [6.45, 7) is 1.90. The van der Waals surface area contributed by atoms with E-state index in [1.807, 2.05) is 31.2 Å². The zero-order valence-corrected chi connectivity index (χ0v) is 11.8. The van der Waals surface area contributed by atoms with Gasteiger partial charge in [0.05, 0.1) is 28.4 Å². The van der Waals surface area contributed by atoms with Crippen LogP contribution >= 0.6 is 0 Å². The first-order chi connectivity index (χ1) is 10.7. The van der Waals surface area contributed by atoms with Crippen molar-refractivity contribution < 1.29 is 4.79 Å². The minimum atomic E-state index is -0.160. The first-order valence-electron chi connectivity index (χ1n) is 6.90. The molecule has 0 fully saturated rings. The number of H-pyrrole nitrogens is 2. The maximum Gasteiger partial charge on any atom is 0.255 e. The van der Waals surface area contributed by atoms with Crippen LogP contribution in [0.4, 0.5) is 5.69 Å². The van der Waals surface area contributed by atoms with Crippen LogP contribution in [0.15, 0.2) is 42.7 Å². The molecule has 0 bridgehead atoms. The number of hydrogen-bond donors (Lipinski definition) is 3. The average Bonchev–Trinajstić information content (AvgIpc) is 3.10. The summed E-state index contributed by atoms with van der Waals surface area (Å²) < 4.78 is 0. The monoisotopic (exact) mass is 291 g/mol. The molecular weight excluding hydrogens is 278 g/mol. The van der Waals surface area contributed by atoms with Gasteiger partial charge in [0.25, 0.3) is 5.91 Å². The van der Waals surface area contributed by atoms with Crippen molar-refractivity contribution in [2.24, 2.45) is 0 Å². The SMILES string of the molecule is Cc1nc2ccc(NC(=O)c3ccc4nc[nH]c4c3)cc2[nH]1. The Morgan fingerprint density at radius 3 is 2.86 bits per heavy atom. The smallest absolute Gasteiger partial charge is 0.255 e. The number of hydrogen-bond acceptors (Lipinski definition) is 3. The molecular formula is C16H13N5O. The number of aromatic nitrogens is 4. The number of aromatic amines is 2. The topological polar surface area (TPSA) is 86.5 Å². The summed E-state index contributed by atoms with van der Waals surface area (Å²) in [4.78, 5) is 27.0. The normalized spacial score (nSPS) is 11.1. The van der Waals surface area contributed by atoms with Gasteiger partial charge in [0.1, 0.15) is 5.82 Å². The molecule has 2 aromatic carbocycles. The fourth-order valence-corrected chi connectivity index (χ4v) is 2.50. The van der Waals surface area contributed by atoms with Crippen LogP contribution in [0.5, 0.6) is 0 Å². The number of imidazole rings is 2. The lowest BCUT2D eigenvalue weighted by atomic mass is 10.2. The van der Waals surface area contributed by atoms with Gasteiger partial charge in [-0.2, -0.15) is 0 Å². The van der Waals surface area contributed by atoms with Gasteiger partial charge >= 0.3 is 0 Å². The summed E-state index contributed by atoms with van der Waals surface area (Å²) in [6, 6.07) is 11.0. The number of carbonyl (C=O) groups excluding carboxylic acids is 1. The summed E-state index contributed by atoms with van der Waals surface area (Å²) in [5.74, 6) is 0.690. The number of carbonyl (C=O) groups is 1. The largest absolute Gasteiger partial charge is 0.345 e. The molecule has 22 heavy (non-hydrogen) atoms. The Morgan fingerprint density at radius 2 is 1.95 bits per heavy atom. The minimum absolute atomic E-state index is 0.160. The van der Waals surface area contributed by atoms with Crippen molar-refractivity contribution in [3.8, 4) is 0 Å². The van der Waals surface area contributed by atoms with Gasteiger partial charge in [0, 0.05) is 11.3 Å². The lowest BCUT2D eigenvalue weighted by molar-refractivity contribution is 0.102. The third-order valence-corrected chi connectivity index (χ3v) is 3.54. The van der Waals surface area contributed by atoms with Gasteiger partial charge in [-0.05, 0) is 43.3 Å². The summed E-state index contributed by atoms with van der Waals surface area (Å²) >= 11 is 0. The number of anilines is 1. The molecule has 2 heterocycles. The molecule has 0 saturated heterocycles. The van der Waals surface area contributed by atoms with E-state index in [-0.39, 0.29) is 5.91 Å². The van der Waals surface area contributed by atoms with Crippen molar-refractivity contribution in [1.82, 2.24) is 19.9 Å². The van der Waals surface area contributed by atoms with Crippen LogP contribution < -0.4 is 5.32 Å². The number of amides is 1. The van der Waals surface area contributed by atoms with Gasteiger partial charge < -0.3 is 15.3 Å². The molecule has 0 aliphatic rings. The molecule has 0 radical (unpaired) electrons. The van der Waals surface area contributed by atoms with Crippen LogP contribution in [0.1, 0.15) is 16.2 Å². The highest BCUT2D eigenvalue weighted by atomic mass is 16.1. The third kappa shape index (κ3) is 2.10. The Bertz CT molecular complexity index is 998. The summed E-state index contributed by atoms with van der Waals surface area (Å²) in [7, 11) is 0. The molecule has 6 heteroatoms. The molecule has 1 amide bonds. The second-order valence-electron chi connectivity index (χ2n) is 5.14. The van der Waals surface area contributed by atoms with Gasteiger partial charge in [-0.25, -0.2) is 9.97 Å². The number of aryl methyl sites for hydroxylation is 1. The molecule has 4 aromatic rings. The second kappa shape index (κ2) is 4.70. The molecule has 4 rings (SSSR count). The summed E-state index contributed by atoms with van der Waals surface area (Å²) in [5, 5.41) is 2.90. The fourth-order valence-electron chi connectivity index (χ4n) is 2.50. The van der Waals surface area contributed by atoms with E-state index in [0.717, 1.165) is 33.6 Å². The van der Waals surface area contributed by atoms with Crippen molar-refractivity contribution in [3.05, 3.63) is 54.1 Å². The van der Waals surface area contributed by atoms with Crippen molar-refractivity contribution in [1.29, 1.82) is 0 Å². The Kier molecular flexibility index (Phi) is 2.69. The van der Waals surface area contributed by atoms with Crippen LogP contribution in [-0.2, 0) is 0 Å². The van der Waals surface area contributed by atoms with Gasteiger partial charge in [-0.15, -0.1) is 0 Å². The Labute approximate surface area is 125 Å². The quantitative estimate of drug-likeness (QED) is 0.530. The van der Waals surface area contributed by atoms with E-state index in [2.05, 4.69) is 25.3 Å². The maximum absolute atomic E-state index is 12.3. The van der Waals surface area contributed by atoms with Crippen LogP contribution in [0.2, 0.25) is 0 Å². The molecule has 3 N–H and O–H groups in total. The minimum Gasteiger partial charge on any atom is -0.345 e. The van der Waals surface area contributed by atoms with Crippen molar-refractivity contribution in [2.75, 3.05) is 5.32 Å². The second-order valence-corrected chi connectivity index (χ2v) is 5.14. The van der Waals surface area contributed by atoms with Gasteiger partial charge in [0.2, 0.25) is 0 Å². The molecule has 2 aromatic heterocycles. The number of benzene rings is 2. The van der Waals surface area contributed by atoms with E-state index in [4.69, 9.17) is 0 Å². The van der Waals surface area contributed by atoms with Gasteiger partial charge in [0.15, 0.2) is 0 Å². The third-order valence-electron chi connectivity index (χ3n) is 3.54. The average molecular weight is 291 g/mol. The van der Waals surface area contributed by atoms with E-state index in [1.165, 1.54) is 0 Å². The lowest BCUT2D eigenvalue weighted by Crippen LogP contribution is -2.11. The zero-order valence-electron chi connectivity index (χ0n) is 11.8.